The van der Waals surface area contributed by atoms with E-state index in [0.29, 0.717) is 18.9 Å². The summed E-state index contributed by atoms with van der Waals surface area (Å²) in [5.41, 5.74) is 1.76. The molecule has 0 aliphatic carbocycles. The molecule has 1 aromatic heterocycles. The molecule has 0 unspecified atom stereocenters. The van der Waals surface area contributed by atoms with E-state index in [0.717, 1.165) is 24.2 Å². The van der Waals surface area contributed by atoms with Crippen LogP contribution < -0.4 is 10.5 Å². The molecule has 3 rings (SSSR count). The molecule has 1 aliphatic rings. The number of aromatic nitrogens is 2. The van der Waals surface area contributed by atoms with Gasteiger partial charge in [0.2, 0.25) is 0 Å². The van der Waals surface area contributed by atoms with Crippen LogP contribution >= 0.6 is 0 Å². The zero-order valence-corrected chi connectivity index (χ0v) is 12.8. The number of aryl methyl sites for hydroxylation is 1. The van der Waals surface area contributed by atoms with Crippen LogP contribution in [0.4, 0.5) is 5.82 Å². The van der Waals surface area contributed by atoms with Crippen LogP contribution in [0.3, 0.4) is 0 Å². The maximum atomic E-state index is 12.6. The molecule has 0 spiro atoms. The number of rotatable bonds is 4. The predicted molar refractivity (Wildman–Crippen MR) is 87.0 cm³/mol. The molecule has 22 heavy (non-hydrogen) atoms. The molecule has 5 nitrogen and oxygen atoms in total. The minimum atomic E-state index is -0.0548. The third kappa shape index (κ3) is 2.76. The number of aliphatic hydroxyl groups is 1. The number of anilines is 1. The van der Waals surface area contributed by atoms with Crippen molar-refractivity contribution in [3.8, 4) is 11.3 Å². The number of hydrogen-bond donors (Lipinski definition) is 1. The Hall–Kier alpha value is -2.14. The van der Waals surface area contributed by atoms with Gasteiger partial charge in [-0.1, -0.05) is 30.3 Å². The average Bonchev–Trinajstić information content (AvgIpc) is 3.05. The molecular formula is C17H21N3O2. The molecule has 1 aromatic carbocycles. The van der Waals surface area contributed by atoms with Gasteiger partial charge in [0.05, 0.1) is 5.69 Å². The van der Waals surface area contributed by atoms with Crippen LogP contribution in [0.1, 0.15) is 13.3 Å². The Morgan fingerprint density at radius 3 is 2.73 bits per heavy atom. The lowest BCUT2D eigenvalue weighted by atomic mass is 10.1. The van der Waals surface area contributed by atoms with Gasteiger partial charge in [0.15, 0.2) is 5.82 Å². The Bertz CT molecular complexity index is 697. The van der Waals surface area contributed by atoms with Crippen molar-refractivity contribution in [3.05, 3.63) is 46.9 Å². The minimum Gasteiger partial charge on any atom is -0.396 e. The summed E-state index contributed by atoms with van der Waals surface area (Å²) in [4.78, 5) is 19.2. The van der Waals surface area contributed by atoms with Crippen molar-refractivity contribution in [2.75, 3.05) is 24.6 Å². The first kappa shape index (κ1) is 14.8. The fraction of sp³-hybridized carbons (Fsp3) is 0.412. The molecule has 2 heterocycles. The molecule has 1 atom stereocenters. The Kier molecular flexibility index (Phi) is 4.24. The smallest absolute Gasteiger partial charge is 0.293 e. The standard InChI is InChI=1S/C17H21N3O2/c1-2-19-11-15(14-6-4-3-5-7-14)18-16(17(19)22)20-9-8-13(10-20)12-21/h3-7,11,13,21H,2,8-10,12H2,1H3/t13-/m1/s1. The molecule has 1 saturated heterocycles. The molecule has 1 fully saturated rings. The molecular weight excluding hydrogens is 278 g/mol. The van der Waals surface area contributed by atoms with Crippen LogP contribution in [-0.4, -0.2) is 34.4 Å². The van der Waals surface area contributed by atoms with Crippen LogP contribution in [0.5, 0.6) is 0 Å². The lowest BCUT2D eigenvalue weighted by Crippen LogP contribution is -2.32. The summed E-state index contributed by atoms with van der Waals surface area (Å²) in [5.74, 6) is 0.732. The monoisotopic (exact) mass is 299 g/mol. The summed E-state index contributed by atoms with van der Waals surface area (Å²) in [6.07, 6.45) is 2.72. The Morgan fingerprint density at radius 2 is 2.09 bits per heavy atom. The van der Waals surface area contributed by atoms with Gasteiger partial charge in [0, 0.05) is 43.9 Å². The van der Waals surface area contributed by atoms with Crippen molar-refractivity contribution in [1.29, 1.82) is 0 Å². The van der Waals surface area contributed by atoms with E-state index < -0.39 is 0 Å². The number of benzene rings is 1. The van der Waals surface area contributed by atoms with E-state index in [9.17, 15) is 9.90 Å². The molecule has 1 aliphatic heterocycles. The Labute approximate surface area is 129 Å². The van der Waals surface area contributed by atoms with Crippen molar-refractivity contribution >= 4 is 5.82 Å². The topological polar surface area (TPSA) is 58.4 Å². The van der Waals surface area contributed by atoms with Crippen LogP contribution in [0, 0.1) is 5.92 Å². The lowest BCUT2D eigenvalue weighted by molar-refractivity contribution is 0.238. The van der Waals surface area contributed by atoms with Crippen molar-refractivity contribution in [1.82, 2.24) is 9.55 Å². The second kappa shape index (κ2) is 6.32. The van der Waals surface area contributed by atoms with Gasteiger partial charge in [-0.25, -0.2) is 4.98 Å². The third-order valence-electron chi connectivity index (χ3n) is 4.21. The van der Waals surface area contributed by atoms with E-state index in [4.69, 9.17) is 0 Å². The van der Waals surface area contributed by atoms with Gasteiger partial charge < -0.3 is 14.6 Å². The normalized spacial score (nSPS) is 17.9. The molecule has 0 amide bonds. The first-order valence-corrected chi connectivity index (χ1v) is 7.75. The highest BCUT2D eigenvalue weighted by atomic mass is 16.3. The average molecular weight is 299 g/mol. The zero-order valence-electron chi connectivity index (χ0n) is 12.8. The van der Waals surface area contributed by atoms with Gasteiger partial charge in [-0.05, 0) is 13.3 Å². The highest BCUT2D eigenvalue weighted by Crippen LogP contribution is 2.22. The second-order valence-corrected chi connectivity index (χ2v) is 5.69. The quantitative estimate of drug-likeness (QED) is 0.934. The second-order valence-electron chi connectivity index (χ2n) is 5.69. The fourth-order valence-electron chi connectivity index (χ4n) is 2.89. The highest BCUT2D eigenvalue weighted by Gasteiger charge is 2.25. The van der Waals surface area contributed by atoms with E-state index in [2.05, 4.69) is 4.98 Å². The number of hydrogen-bond acceptors (Lipinski definition) is 4. The first-order chi connectivity index (χ1) is 10.7. The van der Waals surface area contributed by atoms with Crippen molar-refractivity contribution in [2.24, 2.45) is 5.92 Å². The summed E-state index contributed by atoms with van der Waals surface area (Å²) >= 11 is 0. The van der Waals surface area contributed by atoms with Crippen LogP contribution in [0.15, 0.2) is 41.3 Å². The van der Waals surface area contributed by atoms with Gasteiger partial charge in [-0.3, -0.25) is 4.79 Å². The molecule has 1 N–H and O–H groups in total. The van der Waals surface area contributed by atoms with Gasteiger partial charge in [-0.15, -0.1) is 0 Å². The number of aliphatic hydroxyl groups excluding tert-OH is 1. The summed E-state index contributed by atoms with van der Waals surface area (Å²) in [6.45, 7) is 4.21. The van der Waals surface area contributed by atoms with Gasteiger partial charge in [0.1, 0.15) is 0 Å². The molecule has 0 radical (unpaired) electrons. The highest BCUT2D eigenvalue weighted by molar-refractivity contribution is 5.60. The maximum absolute atomic E-state index is 12.6. The Balaban J connectivity index is 2.04. The molecule has 5 heteroatoms. The van der Waals surface area contributed by atoms with Crippen molar-refractivity contribution in [2.45, 2.75) is 19.9 Å². The molecule has 0 saturated carbocycles. The van der Waals surface area contributed by atoms with Crippen molar-refractivity contribution in [3.63, 3.8) is 0 Å². The first-order valence-electron chi connectivity index (χ1n) is 7.75. The van der Waals surface area contributed by atoms with Crippen LogP contribution in [0.25, 0.3) is 11.3 Å². The summed E-state index contributed by atoms with van der Waals surface area (Å²) in [7, 11) is 0. The Morgan fingerprint density at radius 1 is 1.32 bits per heavy atom. The lowest BCUT2D eigenvalue weighted by Gasteiger charge is -2.19. The summed E-state index contributed by atoms with van der Waals surface area (Å²) in [6, 6.07) is 9.90. The minimum absolute atomic E-state index is 0.0548. The molecule has 116 valence electrons. The zero-order chi connectivity index (χ0) is 15.5. The summed E-state index contributed by atoms with van der Waals surface area (Å²) in [5, 5.41) is 9.30. The fourth-order valence-corrected chi connectivity index (χ4v) is 2.89. The number of nitrogens with zero attached hydrogens (tertiary/aromatic N) is 3. The van der Waals surface area contributed by atoms with E-state index in [1.54, 1.807) is 4.57 Å². The molecule has 2 aromatic rings. The third-order valence-corrected chi connectivity index (χ3v) is 4.21. The van der Waals surface area contributed by atoms with Gasteiger partial charge in [-0.2, -0.15) is 0 Å². The summed E-state index contributed by atoms with van der Waals surface area (Å²) < 4.78 is 1.71. The SMILES string of the molecule is CCn1cc(-c2ccccc2)nc(N2CC[C@@H](CO)C2)c1=O. The van der Waals surface area contributed by atoms with Crippen LogP contribution in [-0.2, 0) is 6.54 Å². The van der Waals surface area contributed by atoms with E-state index in [1.165, 1.54) is 0 Å². The predicted octanol–water partition coefficient (Wildman–Crippen LogP) is 1.75. The maximum Gasteiger partial charge on any atom is 0.293 e. The van der Waals surface area contributed by atoms with E-state index in [-0.39, 0.29) is 18.1 Å². The van der Waals surface area contributed by atoms with Crippen LogP contribution in [0.2, 0.25) is 0 Å². The molecule has 0 bridgehead atoms. The van der Waals surface area contributed by atoms with Gasteiger partial charge in [0.25, 0.3) is 5.56 Å². The van der Waals surface area contributed by atoms with Gasteiger partial charge >= 0.3 is 0 Å². The largest absolute Gasteiger partial charge is 0.396 e. The van der Waals surface area contributed by atoms with Crippen molar-refractivity contribution < 1.29 is 5.11 Å². The van der Waals surface area contributed by atoms with E-state index in [1.807, 2.05) is 48.4 Å². The van der Waals surface area contributed by atoms with E-state index >= 15 is 0 Å².